The number of aryl methyl sites for hydroxylation is 3. The number of carbonyl (C=O) groups is 1. The van der Waals surface area contributed by atoms with Crippen molar-refractivity contribution in [2.75, 3.05) is 0 Å². The van der Waals surface area contributed by atoms with Crippen LogP contribution in [0.4, 0.5) is 0 Å². The van der Waals surface area contributed by atoms with Gasteiger partial charge in [0.15, 0.2) is 0 Å². The minimum Gasteiger partial charge on any atom is -0.444 e. The molecule has 1 heterocycles. The zero-order valence-corrected chi connectivity index (χ0v) is 11.9. The maximum absolute atomic E-state index is 12.0. The van der Waals surface area contributed by atoms with E-state index in [2.05, 4.69) is 10.3 Å². The maximum Gasteiger partial charge on any atom is 0.241 e. The van der Waals surface area contributed by atoms with Gasteiger partial charge >= 0.3 is 0 Å². The van der Waals surface area contributed by atoms with E-state index < -0.39 is 6.04 Å². The van der Waals surface area contributed by atoms with E-state index in [1.165, 1.54) is 0 Å². The van der Waals surface area contributed by atoms with E-state index in [1.54, 1.807) is 0 Å². The Morgan fingerprint density at radius 2 is 1.95 bits per heavy atom. The van der Waals surface area contributed by atoms with E-state index in [1.807, 2.05) is 45.0 Å². The summed E-state index contributed by atoms with van der Waals surface area (Å²) in [5.41, 5.74) is 8.67. The van der Waals surface area contributed by atoms with E-state index in [0.29, 0.717) is 5.89 Å². The number of nitrogens with zero attached hydrogens (tertiary/aromatic N) is 1. The molecule has 1 atom stereocenters. The molecule has 1 aromatic carbocycles. The number of hydrogen-bond donors (Lipinski definition) is 2. The number of rotatable bonds is 4. The van der Waals surface area contributed by atoms with Gasteiger partial charge in [0, 0.05) is 0 Å². The zero-order valence-electron chi connectivity index (χ0n) is 11.9. The first kappa shape index (κ1) is 14.3. The SMILES string of the molecule is Cc1ccc(C(N)C(=O)NCc2nc(C)c(C)o2)cc1. The molecule has 0 aliphatic rings. The van der Waals surface area contributed by atoms with Crippen molar-refractivity contribution in [3.05, 3.63) is 52.7 Å². The van der Waals surface area contributed by atoms with Crippen LogP contribution in [0, 0.1) is 20.8 Å². The molecule has 1 unspecified atom stereocenters. The van der Waals surface area contributed by atoms with Crippen molar-refractivity contribution in [2.24, 2.45) is 5.73 Å². The average molecular weight is 273 g/mol. The molecule has 2 rings (SSSR count). The van der Waals surface area contributed by atoms with Gasteiger partial charge in [0.25, 0.3) is 0 Å². The minimum atomic E-state index is -0.687. The van der Waals surface area contributed by atoms with Crippen LogP contribution in [-0.2, 0) is 11.3 Å². The quantitative estimate of drug-likeness (QED) is 0.891. The van der Waals surface area contributed by atoms with Crippen LogP contribution in [0.25, 0.3) is 0 Å². The van der Waals surface area contributed by atoms with Gasteiger partial charge in [-0.3, -0.25) is 4.79 Å². The Balaban J connectivity index is 1.96. The highest BCUT2D eigenvalue weighted by atomic mass is 16.4. The molecule has 0 saturated carbocycles. The molecule has 0 aliphatic heterocycles. The standard InChI is InChI=1S/C15H19N3O2/c1-9-4-6-12(7-5-9)14(16)15(19)17-8-13-18-10(2)11(3)20-13/h4-7,14H,8,16H2,1-3H3,(H,17,19). The Morgan fingerprint density at radius 1 is 1.30 bits per heavy atom. The molecular weight excluding hydrogens is 254 g/mol. The summed E-state index contributed by atoms with van der Waals surface area (Å²) < 4.78 is 5.40. The summed E-state index contributed by atoms with van der Waals surface area (Å²) in [5, 5.41) is 2.73. The van der Waals surface area contributed by atoms with Crippen LogP contribution >= 0.6 is 0 Å². The van der Waals surface area contributed by atoms with Crippen LogP contribution in [0.15, 0.2) is 28.7 Å². The Labute approximate surface area is 118 Å². The van der Waals surface area contributed by atoms with Crippen molar-refractivity contribution in [3.63, 3.8) is 0 Å². The van der Waals surface area contributed by atoms with Gasteiger partial charge in [-0.1, -0.05) is 29.8 Å². The van der Waals surface area contributed by atoms with Crippen molar-refractivity contribution in [2.45, 2.75) is 33.4 Å². The first-order valence-corrected chi connectivity index (χ1v) is 6.50. The monoisotopic (exact) mass is 273 g/mol. The van der Waals surface area contributed by atoms with Crippen LogP contribution in [0.1, 0.15) is 34.5 Å². The third-order valence-corrected chi connectivity index (χ3v) is 3.21. The summed E-state index contributed by atoms with van der Waals surface area (Å²) >= 11 is 0. The summed E-state index contributed by atoms with van der Waals surface area (Å²) in [6.45, 7) is 5.93. The largest absolute Gasteiger partial charge is 0.444 e. The van der Waals surface area contributed by atoms with Crippen LogP contribution in [0.5, 0.6) is 0 Å². The third kappa shape index (κ3) is 3.24. The molecule has 2 aromatic rings. The minimum absolute atomic E-state index is 0.243. The van der Waals surface area contributed by atoms with E-state index in [-0.39, 0.29) is 12.5 Å². The van der Waals surface area contributed by atoms with Crippen LogP contribution < -0.4 is 11.1 Å². The third-order valence-electron chi connectivity index (χ3n) is 3.21. The van der Waals surface area contributed by atoms with Gasteiger partial charge < -0.3 is 15.5 Å². The summed E-state index contributed by atoms with van der Waals surface area (Å²) in [6, 6.07) is 6.90. The van der Waals surface area contributed by atoms with Gasteiger partial charge in [0.1, 0.15) is 11.8 Å². The topological polar surface area (TPSA) is 81.2 Å². The van der Waals surface area contributed by atoms with Crippen LogP contribution in [-0.4, -0.2) is 10.9 Å². The summed E-state index contributed by atoms with van der Waals surface area (Å²) in [7, 11) is 0. The number of hydrogen-bond acceptors (Lipinski definition) is 4. The smallest absolute Gasteiger partial charge is 0.241 e. The molecular formula is C15H19N3O2. The number of oxazole rings is 1. The van der Waals surface area contributed by atoms with Gasteiger partial charge in [-0.15, -0.1) is 0 Å². The molecule has 5 nitrogen and oxygen atoms in total. The van der Waals surface area contributed by atoms with Gasteiger partial charge in [-0.25, -0.2) is 4.98 Å². The predicted molar refractivity (Wildman–Crippen MR) is 75.9 cm³/mol. The molecule has 106 valence electrons. The van der Waals surface area contributed by atoms with Crippen LogP contribution in [0.2, 0.25) is 0 Å². The number of carbonyl (C=O) groups excluding carboxylic acids is 1. The van der Waals surface area contributed by atoms with Crippen molar-refractivity contribution in [3.8, 4) is 0 Å². The molecule has 1 aromatic heterocycles. The molecule has 0 bridgehead atoms. The van der Waals surface area contributed by atoms with Gasteiger partial charge in [-0.2, -0.15) is 0 Å². The lowest BCUT2D eigenvalue weighted by atomic mass is 10.1. The molecule has 0 spiro atoms. The number of nitrogens with one attached hydrogen (secondary N) is 1. The molecule has 3 N–H and O–H groups in total. The average Bonchev–Trinajstić information content (AvgIpc) is 2.75. The first-order valence-electron chi connectivity index (χ1n) is 6.50. The molecule has 1 amide bonds. The van der Waals surface area contributed by atoms with Gasteiger partial charge in [-0.05, 0) is 26.3 Å². The second-order valence-corrected chi connectivity index (χ2v) is 4.86. The highest BCUT2D eigenvalue weighted by molar-refractivity contribution is 5.82. The fourth-order valence-electron chi connectivity index (χ4n) is 1.81. The fourth-order valence-corrected chi connectivity index (χ4v) is 1.81. The van der Waals surface area contributed by atoms with Crippen molar-refractivity contribution in [1.29, 1.82) is 0 Å². The summed E-state index contributed by atoms with van der Waals surface area (Å²) in [5.74, 6) is 1.00. The van der Waals surface area contributed by atoms with Gasteiger partial charge in [0.05, 0.1) is 12.2 Å². The highest BCUT2D eigenvalue weighted by Crippen LogP contribution is 2.12. The Morgan fingerprint density at radius 3 is 2.50 bits per heavy atom. The second-order valence-electron chi connectivity index (χ2n) is 4.86. The lowest BCUT2D eigenvalue weighted by molar-refractivity contribution is -0.122. The van der Waals surface area contributed by atoms with Crippen molar-refractivity contribution in [1.82, 2.24) is 10.3 Å². The molecule has 20 heavy (non-hydrogen) atoms. The maximum atomic E-state index is 12.0. The second kappa shape index (κ2) is 5.88. The van der Waals surface area contributed by atoms with Crippen LogP contribution in [0.3, 0.4) is 0 Å². The molecule has 0 radical (unpaired) electrons. The normalized spacial score (nSPS) is 12.2. The Kier molecular flexibility index (Phi) is 4.20. The Hall–Kier alpha value is -2.14. The lowest BCUT2D eigenvalue weighted by Crippen LogP contribution is -2.33. The summed E-state index contributed by atoms with van der Waals surface area (Å²) in [6.07, 6.45) is 0. The van der Waals surface area contributed by atoms with E-state index >= 15 is 0 Å². The summed E-state index contributed by atoms with van der Waals surface area (Å²) in [4.78, 5) is 16.2. The predicted octanol–water partition coefficient (Wildman–Crippen LogP) is 1.92. The van der Waals surface area contributed by atoms with E-state index in [4.69, 9.17) is 10.2 Å². The van der Waals surface area contributed by atoms with Crippen molar-refractivity contribution < 1.29 is 9.21 Å². The Bertz CT molecular complexity index is 583. The molecule has 0 aliphatic carbocycles. The van der Waals surface area contributed by atoms with E-state index in [9.17, 15) is 4.79 Å². The number of nitrogens with two attached hydrogens (primary N) is 1. The zero-order chi connectivity index (χ0) is 14.7. The lowest BCUT2D eigenvalue weighted by Gasteiger charge is -2.11. The number of amides is 1. The molecule has 0 saturated heterocycles. The van der Waals surface area contributed by atoms with Crippen molar-refractivity contribution >= 4 is 5.91 Å². The first-order chi connectivity index (χ1) is 9.47. The molecule has 5 heteroatoms. The fraction of sp³-hybridized carbons (Fsp3) is 0.333. The number of aromatic nitrogens is 1. The highest BCUT2D eigenvalue weighted by Gasteiger charge is 2.16. The molecule has 0 fully saturated rings. The van der Waals surface area contributed by atoms with E-state index in [0.717, 1.165) is 22.6 Å². The van der Waals surface area contributed by atoms with Gasteiger partial charge in [0.2, 0.25) is 11.8 Å². The number of benzene rings is 1.